The summed E-state index contributed by atoms with van der Waals surface area (Å²) < 4.78 is 6.08. The smallest absolute Gasteiger partial charge is 0.223 e. The molecule has 0 saturated carbocycles. The van der Waals surface area contributed by atoms with Crippen molar-refractivity contribution in [1.29, 1.82) is 0 Å². The van der Waals surface area contributed by atoms with E-state index in [9.17, 15) is 4.79 Å². The predicted molar refractivity (Wildman–Crippen MR) is 91.4 cm³/mol. The maximum Gasteiger partial charge on any atom is 0.223 e. The number of nitrogens with one attached hydrogen (secondary N) is 1. The Hall–Kier alpha value is -1.76. The topological polar surface area (TPSA) is 54.5 Å². The van der Waals surface area contributed by atoms with E-state index in [1.807, 2.05) is 23.6 Å². The second-order valence-corrected chi connectivity index (χ2v) is 6.72. The maximum absolute atomic E-state index is 11.1. The molecule has 2 atom stereocenters. The first-order chi connectivity index (χ1) is 11.1. The van der Waals surface area contributed by atoms with Crippen molar-refractivity contribution in [2.75, 3.05) is 18.4 Å². The van der Waals surface area contributed by atoms with Gasteiger partial charge in [0.05, 0.1) is 17.9 Å². The molecule has 2 heterocycles. The SMILES string of the molecule is CC(=O)Nc1nc(CN2C[C@@H](c3ccccc3)O[C@@H](C)C2)cs1. The first-order valence-corrected chi connectivity index (χ1v) is 8.63. The molecule has 0 aliphatic carbocycles. The Kier molecular flexibility index (Phi) is 5.05. The Morgan fingerprint density at radius 3 is 2.91 bits per heavy atom. The van der Waals surface area contributed by atoms with E-state index < -0.39 is 0 Å². The number of carbonyl (C=O) groups excluding carboxylic acids is 1. The van der Waals surface area contributed by atoms with E-state index in [-0.39, 0.29) is 18.1 Å². The number of hydrogen-bond acceptors (Lipinski definition) is 5. The van der Waals surface area contributed by atoms with E-state index >= 15 is 0 Å². The number of morpholine rings is 1. The molecule has 0 radical (unpaired) electrons. The lowest BCUT2D eigenvalue weighted by molar-refractivity contribution is -0.114. The number of ether oxygens (including phenoxy) is 1. The predicted octanol–water partition coefficient (Wildman–Crippen LogP) is 3.06. The summed E-state index contributed by atoms with van der Waals surface area (Å²) in [5, 5.41) is 5.39. The number of nitrogens with zero attached hydrogens (tertiary/aromatic N) is 2. The Morgan fingerprint density at radius 1 is 1.39 bits per heavy atom. The highest BCUT2D eigenvalue weighted by atomic mass is 32.1. The van der Waals surface area contributed by atoms with Crippen molar-refractivity contribution in [3.8, 4) is 0 Å². The zero-order valence-corrected chi connectivity index (χ0v) is 14.2. The average Bonchev–Trinajstić information content (AvgIpc) is 2.93. The van der Waals surface area contributed by atoms with Crippen LogP contribution in [0, 0.1) is 0 Å². The lowest BCUT2D eigenvalue weighted by Gasteiger charge is -2.36. The Labute approximate surface area is 140 Å². The molecule has 0 unspecified atom stereocenters. The largest absolute Gasteiger partial charge is 0.368 e. The van der Waals surface area contributed by atoms with Crippen LogP contribution >= 0.6 is 11.3 Å². The van der Waals surface area contributed by atoms with Gasteiger partial charge in [0.2, 0.25) is 5.91 Å². The third kappa shape index (κ3) is 4.37. The van der Waals surface area contributed by atoms with Crippen LogP contribution in [-0.2, 0) is 16.1 Å². The Morgan fingerprint density at radius 2 is 2.17 bits per heavy atom. The molecule has 23 heavy (non-hydrogen) atoms. The van der Waals surface area contributed by atoms with Gasteiger partial charge in [-0.05, 0) is 12.5 Å². The molecule has 3 rings (SSSR count). The fourth-order valence-electron chi connectivity index (χ4n) is 2.84. The summed E-state index contributed by atoms with van der Waals surface area (Å²) in [5.41, 5.74) is 2.20. The number of amides is 1. The monoisotopic (exact) mass is 331 g/mol. The van der Waals surface area contributed by atoms with Gasteiger partial charge in [-0.3, -0.25) is 9.69 Å². The molecule has 5 nitrogen and oxygen atoms in total. The molecule has 1 aliphatic rings. The molecule has 1 fully saturated rings. The summed E-state index contributed by atoms with van der Waals surface area (Å²) in [6.07, 6.45) is 0.274. The van der Waals surface area contributed by atoms with Crippen LogP contribution in [-0.4, -0.2) is 35.0 Å². The van der Waals surface area contributed by atoms with Gasteiger partial charge in [-0.25, -0.2) is 4.98 Å². The summed E-state index contributed by atoms with van der Waals surface area (Å²) >= 11 is 1.46. The summed E-state index contributed by atoms with van der Waals surface area (Å²) in [5.74, 6) is -0.0879. The number of anilines is 1. The van der Waals surface area contributed by atoms with Crippen LogP contribution in [0.1, 0.15) is 31.2 Å². The van der Waals surface area contributed by atoms with Crippen molar-refractivity contribution in [3.05, 3.63) is 47.0 Å². The van der Waals surface area contributed by atoms with Gasteiger partial charge in [-0.1, -0.05) is 30.3 Å². The Balaban J connectivity index is 1.65. The maximum atomic E-state index is 11.1. The van der Waals surface area contributed by atoms with Gasteiger partial charge in [0.1, 0.15) is 0 Å². The average molecular weight is 331 g/mol. The molecule has 1 N–H and O–H groups in total. The third-order valence-corrected chi connectivity index (χ3v) is 4.53. The minimum Gasteiger partial charge on any atom is -0.368 e. The summed E-state index contributed by atoms with van der Waals surface area (Å²) in [4.78, 5) is 17.9. The second kappa shape index (κ2) is 7.21. The van der Waals surface area contributed by atoms with Crippen molar-refractivity contribution in [2.24, 2.45) is 0 Å². The van der Waals surface area contributed by atoms with E-state index in [2.05, 4.69) is 34.3 Å². The summed E-state index contributed by atoms with van der Waals surface area (Å²) in [7, 11) is 0. The van der Waals surface area contributed by atoms with Crippen LogP contribution in [0.25, 0.3) is 0 Å². The third-order valence-electron chi connectivity index (χ3n) is 3.73. The van der Waals surface area contributed by atoms with Crippen LogP contribution in [0.4, 0.5) is 5.13 Å². The van der Waals surface area contributed by atoms with Crippen LogP contribution in [0.3, 0.4) is 0 Å². The zero-order valence-electron chi connectivity index (χ0n) is 13.4. The molecule has 122 valence electrons. The lowest BCUT2D eigenvalue weighted by atomic mass is 10.1. The van der Waals surface area contributed by atoms with Gasteiger partial charge in [0, 0.05) is 31.9 Å². The van der Waals surface area contributed by atoms with Crippen molar-refractivity contribution < 1.29 is 9.53 Å². The fraction of sp³-hybridized carbons (Fsp3) is 0.412. The van der Waals surface area contributed by atoms with Gasteiger partial charge in [0.25, 0.3) is 0 Å². The van der Waals surface area contributed by atoms with E-state index in [1.54, 1.807) is 0 Å². The van der Waals surface area contributed by atoms with Gasteiger partial charge in [0.15, 0.2) is 5.13 Å². The standard InChI is InChI=1S/C17H21N3O2S/c1-12-8-20(9-15-11-23-17(19-15)18-13(2)21)10-16(22-12)14-6-4-3-5-7-14/h3-7,11-12,16H,8-10H2,1-2H3,(H,18,19,21)/t12-,16-/m0/s1. The number of carbonyl (C=O) groups is 1. The number of aromatic nitrogens is 1. The van der Waals surface area contributed by atoms with Gasteiger partial charge < -0.3 is 10.1 Å². The lowest BCUT2D eigenvalue weighted by Crippen LogP contribution is -2.42. The molecule has 0 spiro atoms. The molecular weight excluding hydrogens is 310 g/mol. The minimum absolute atomic E-state index is 0.0879. The van der Waals surface area contributed by atoms with Crippen molar-refractivity contribution in [1.82, 2.24) is 9.88 Å². The summed E-state index contributed by atoms with van der Waals surface area (Å²) in [6.45, 7) is 6.10. The highest BCUT2D eigenvalue weighted by molar-refractivity contribution is 7.13. The fourth-order valence-corrected chi connectivity index (χ4v) is 3.58. The first kappa shape index (κ1) is 16.1. The highest BCUT2D eigenvalue weighted by Gasteiger charge is 2.26. The highest BCUT2D eigenvalue weighted by Crippen LogP contribution is 2.26. The molecule has 1 amide bonds. The zero-order chi connectivity index (χ0) is 16.2. The van der Waals surface area contributed by atoms with Gasteiger partial charge >= 0.3 is 0 Å². The summed E-state index contributed by atoms with van der Waals surface area (Å²) in [6, 6.07) is 10.3. The molecular formula is C17H21N3O2S. The van der Waals surface area contributed by atoms with Crippen LogP contribution in [0.15, 0.2) is 35.7 Å². The van der Waals surface area contributed by atoms with E-state index in [4.69, 9.17) is 4.74 Å². The van der Waals surface area contributed by atoms with E-state index in [0.29, 0.717) is 5.13 Å². The Bertz CT molecular complexity index is 659. The molecule has 6 heteroatoms. The molecule has 2 aromatic rings. The van der Waals surface area contributed by atoms with Crippen LogP contribution < -0.4 is 5.32 Å². The molecule has 0 bridgehead atoms. The quantitative estimate of drug-likeness (QED) is 0.935. The molecule has 1 aromatic heterocycles. The second-order valence-electron chi connectivity index (χ2n) is 5.87. The van der Waals surface area contributed by atoms with E-state index in [0.717, 1.165) is 25.3 Å². The van der Waals surface area contributed by atoms with Crippen LogP contribution in [0.2, 0.25) is 0 Å². The number of rotatable bonds is 4. The normalized spacial score (nSPS) is 22.0. The van der Waals surface area contributed by atoms with E-state index in [1.165, 1.54) is 23.8 Å². The number of thiazole rings is 1. The molecule has 1 aliphatic heterocycles. The van der Waals surface area contributed by atoms with Gasteiger partial charge in [-0.15, -0.1) is 11.3 Å². The van der Waals surface area contributed by atoms with Gasteiger partial charge in [-0.2, -0.15) is 0 Å². The molecule has 1 saturated heterocycles. The van der Waals surface area contributed by atoms with Crippen molar-refractivity contribution in [2.45, 2.75) is 32.6 Å². The first-order valence-electron chi connectivity index (χ1n) is 7.75. The van der Waals surface area contributed by atoms with Crippen LogP contribution in [0.5, 0.6) is 0 Å². The minimum atomic E-state index is -0.0879. The number of benzene rings is 1. The van der Waals surface area contributed by atoms with Crippen molar-refractivity contribution >= 4 is 22.4 Å². The number of hydrogen-bond donors (Lipinski definition) is 1. The molecule has 1 aromatic carbocycles. The van der Waals surface area contributed by atoms with Crippen molar-refractivity contribution in [3.63, 3.8) is 0 Å².